The van der Waals surface area contributed by atoms with Gasteiger partial charge in [0.25, 0.3) is 0 Å². The summed E-state index contributed by atoms with van der Waals surface area (Å²) in [6.07, 6.45) is 17.1. The molecule has 0 amide bonds. The highest BCUT2D eigenvalue weighted by Crippen LogP contribution is 2.36. The summed E-state index contributed by atoms with van der Waals surface area (Å²) in [6.45, 7) is 5.44. The van der Waals surface area contributed by atoms with Gasteiger partial charge in [-0.2, -0.15) is 5.10 Å². The van der Waals surface area contributed by atoms with Gasteiger partial charge in [-0.15, -0.1) is 0 Å². The molecule has 2 fully saturated rings. The van der Waals surface area contributed by atoms with Crippen molar-refractivity contribution in [3.8, 4) is 39.4 Å². The summed E-state index contributed by atoms with van der Waals surface area (Å²) in [5.74, 6) is 0.974. The van der Waals surface area contributed by atoms with Crippen molar-refractivity contribution in [1.82, 2.24) is 40.3 Å². The number of aromatic amines is 2. The lowest BCUT2D eigenvalue weighted by molar-refractivity contribution is 0.237. The zero-order valence-electron chi connectivity index (χ0n) is 26.4. The fraction of sp³-hybridized carbons (Fsp3) is 0.351. The number of likely N-dealkylation sites (tertiary alicyclic amines) is 1. The molecule has 1 aliphatic heterocycles. The first-order valence-electron chi connectivity index (χ1n) is 16.8. The smallest absolute Gasteiger partial charge is 0.155 e. The fourth-order valence-corrected chi connectivity index (χ4v) is 7.15. The van der Waals surface area contributed by atoms with Crippen molar-refractivity contribution < 1.29 is 9.13 Å². The van der Waals surface area contributed by atoms with Gasteiger partial charge in [0.2, 0.25) is 0 Å². The molecule has 1 saturated heterocycles. The molecule has 0 atom stereocenters. The average molecular weight is 631 g/mol. The number of rotatable bonds is 11. The van der Waals surface area contributed by atoms with Gasteiger partial charge < -0.3 is 15.0 Å². The molecule has 0 radical (unpaired) electrons. The molecule has 5 aromatic heterocycles. The first kappa shape index (κ1) is 29.7. The number of fused-ring (bicyclic) bond motifs is 2. The number of hydrogen-bond donors (Lipinski definition) is 3. The highest BCUT2D eigenvalue weighted by atomic mass is 19.1. The van der Waals surface area contributed by atoms with Crippen LogP contribution in [0, 0.1) is 11.7 Å². The Morgan fingerprint density at radius 1 is 0.851 bits per heavy atom. The lowest BCUT2D eigenvalue weighted by Crippen LogP contribution is -2.25. The van der Waals surface area contributed by atoms with E-state index in [1.54, 1.807) is 12.4 Å². The second-order valence-corrected chi connectivity index (χ2v) is 13.0. The van der Waals surface area contributed by atoms with Gasteiger partial charge in [-0.25, -0.2) is 9.37 Å². The number of benzene rings is 1. The van der Waals surface area contributed by atoms with E-state index in [9.17, 15) is 4.39 Å². The summed E-state index contributed by atoms with van der Waals surface area (Å²) in [4.78, 5) is 19.6. The predicted octanol–water partition coefficient (Wildman–Crippen LogP) is 7.12. The molecule has 47 heavy (non-hydrogen) atoms. The lowest BCUT2D eigenvalue weighted by atomic mass is 10.0. The van der Waals surface area contributed by atoms with E-state index in [1.807, 2.05) is 30.7 Å². The summed E-state index contributed by atoms with van der Waals surface area (Å²) >= 11 is 0. The van der Waals surface area contributed by atoms with Gasteiger partial charge in [0, 0.05) is 71.4 Å². The maximum atomic E-state index is 14.8. The molecule has 1 saturated carbocycles. The van der Waals surface area contributed by atoms with Crippen molar-refractivity contribution in [2.24, 2.45) is 5.92 Å². The van der Waals surface area contributed by atoms with Gasteiger partial charge in [-0.1, -0.05) is 12.8 Å². The normalized spacial score (nSPS) is 15.8. The molecule has 3 N–H and O–H groups in total. The Hall–Kier alpha value is -4.67. The first-order chi connectivity index (χ1) is 23.2. The number of pyridine rings is 3. The van der Waals surface area contributed by atoms with Crippen LogP contribution in [0.25, 0.3) is 55.6 Å². The molecule has 0 spiro atoms. The van der Waals surface area contributed by atoms with Crippen LogP contribution in [0.2, 0.25) is 0 Å². The molecule has 1 aromatic carbocycles. The van der Waals surface area contributed by atoms with Gasteiger partial charge in [0.15, 0.2) is 5.65 Å². The molecule has 9 nitrogen and oxygen atoms in total. The van der Waals surface area contributed by atoms with Crippen LogP contribution in [0.5, 0.6) is 5.75 Å². The van der Waals surface area contributed by atoms with Crippen LogP contribution in [0.4, 0.5) is 4.39 Å². The molecule has 6 heterocycles. The van der Waals surface area contributed by atoms with E-state index in [1.165, 1.54) is 50.7 Å². The summed E-state index contributed by atoms with van der Waals surface area (Å²) in [6, 6.07) is 11.2. The van der Waals surface area contributed by atoms with Crippen molar-refractivity contribution in [2.45, 2.75) is 45.1 Å². The van der Waals surface area contributed by atoms with Crippen molar-refractivity contribution in [3.05, 3.63) is 78.8 Å². The van der Waals surface area contributed by atoms with E-state index in [0.717, 1.165) is 88.6 Å². The minimum Gasteiger partial charge on any atom is -0.492 e. The summed E-state index contributed by atoms with van der Waals surface area (Å²) < 4.78 is 20.8. The SMILES string of the molecule is Fc1cc(OCCN2CCCC2)cc(-c2cncc3[nH]c(-c4n[nH]c5ncc(-c6cncc(CNCC7CCCC7)c6)cc45)cc23)c1. The Bertz CT molecular complexity index is 2010. The van der Waals surface area contributed by atoms with Crippen LogP contribution >= 0.6 is 0 Å². The number of nitrogens with one attached hydrogen (secondary N) is 3. The zero-order valence-corrected chi connectivity index (χ0v) is 26.4. The summed E-state index contributed by atoms with van der Waals surface area (Å²) in [5.41, 5.74) is 7.78. The van der Waals surface area contributed by atoms with Crippen molar-refractivity contribution in [3.63, 3.8) is 0 Å². The maximum Gasteiger partial charge on any atom is 0.155 e. The Labute approximate surface area is 273 Å². The van der Waals surface area contributed by atoms with Crippen molar-refractivity contribution in [1.29, 1.82) is 0 Å². The van der Waals surface area contributed by atoms with Crippen LogP contribution in [0.15, 0.2) is 67.4 Å². The lowest BCUT2D eigenvalue weighted by Gasteiger charge is -2.15. The van der Waals surface area contributed by atoms with Gasteiger partial charge >= 0.3 is 0 Å². The van der Waals surface area contributed by atoms with Crippen LogP contribution in [-0.4, -0.2) is 67.8 Å². The van der Waals surface area contributed by atoms with E-state index < -0.39 is 0 Å². The third-order valence-corrected chi connectivity index (χ3v) is 9.64. The van der Waals surface area contributed by atoms with Crippen LogP contribution < -0.4 is 10.1 Å². The Morgan fingerprint density at radius 2 is 1.70 bits per heavy atom. The predicted molar refractivity (Wildman–Crippen MR) is 182 cm³/mol. The second-order valence-electron chi connectivity index (χ2n) is 13.0. The van der Waals surface area contributed by atoms with E-state index in [2.05, 4.69) is 52.5 Å². The molecule has 2 aliphatic rings. The van der Waals surface area contributed by atoms with E-state index >= 15 is 0 Å². The maximum absolute atomic E-state index is 14.8. The molecule has 1 aliphatic carbocycles. The molecule has 6 aromatic rings. The van der Waals surface area contributed by atoms with Crippen molar-refractivity contribution in [2.75, 3.05) is 32.8 Å². The van der Waals surface area contributed by atoms with E-state index in [4.69, 9.17) is 4.74 Å². The van der Waals surface area contributed by atoms with Gasteiger partial charge in [-0.05, 0) is 92.7 Å². The molecular weight excluding hydrogens is 591 g/mol. The number of ether oxygens (including phenoxy) is 1. The quantitative estimate of drug-likeness (QED) is 0.140. The number of aromatic nitrogens is 6. The fourth-order valence-electron chi connectivity index (χ4n) is 7.15. The molecule has 8 rings (SSSR count). The van der Waals surface area contributed by atoms with Gasteiger partial charge in [-0.3, -0.25) is 20.0 Å². The number of halogens is 1. The summed E-state index contributed by atoms with van der Waals surface area (Å²) in [5, 5.41) is 13.2. The number of H-pyrrole nitrogens is 2. The minimum atomic E-state index is -0.341. The topological polar surface area (TPSA) is 108 Å². The van der Waals surface area contributed by atoms with Crippen LogP contribution in [-0.2, 0) is 6.54 Å². The second kappa shape index (κ2) is 13.2. The van der Waals surface area contributed by atoms with Crippen LogP contribution in [0.3, 0.4) is 0 Å². The molecule has 240 valence electrons. The highest BCUT2D eigenvalue weighted by molar-refractivity contribution is 6.00. The first-order valence-corrected chi connectivity index (χ1v) is 16.8. The third-order valence-electron chi connectivity index (χ3n) is 9.64. The Balaban J connectivity index is 1.05. The van der Waals surface area contributed by atoms with Gasteiger partial charge in [0.05, 0.1) is 17.4 Å². The average Bonchev–Trinajstić information content (AvgIpc) is 3.91. The molecule has 10 heteroatoms. The highest BCUT2D eigenvalue weighted by Gasteiger charge is 2.18. The molecular formula is C37H39FN8O. The number of hydrogen-bond acceptors (Lipinski definition) is 7. The number of nitrogens with zero attached hydrogens (tertiary/aromatic N) is 5. The molecule has 0 bridgehead atoms. The zero-order chi connectivity index (χ0) is 31.6. The van der Waals surface area contributed by atoms with Crippen LogP contribution in [0.1, 0.15) is 44.1 Å². The Morgan fingerprint density at radius 3 is 2.60 bits per heavy atom. The van der Waals surface area contributed by atoms with E-state index in [0.29, 0.717) is 23.6 Å². The Kier molecular flexibility index (Phi) is 8.35. The van der Waals surface area contributed by atoms with Crippen molar-refractivity contribution >= 4 is 21.9 Å². The summed E-state index contributed by atoms with van der Waals surface area (Å²) in [7, 11) is 0. The monoisotopic (exact) mass is 630 g/mol. The standard InChI is InChI=1S/C37H39FN8O/c38-29-12-26(13-30(15-29)47-10-9-46-7-3-4-8-46)33-22-41-23-35-31(33)16-34(43-35)36-32-14-28(21-42-37(32)45-44-36)27-11-25(19-40-20-27)18-39-17-24-5-1-2-6-24/h11-16,19-24,39,43H,1-10,17-18H2,(H,42,44,45). The van der Waals surface area contributed by atoms with Gasteiger partial charge in [0.1, 0.15) is 23.9 Å². The minimum absolute atomic E-state index is 0.341. The largest absolute Gasteiger partial charge is 0.492 e. The molecule has 0 unspecified atom stereocenters. The van der Waals surface area contributed by atoms with E-state index in [-0.39, 0.29) is 5.82 Å². The third kappa shape index (κ3) is 6.48.